The minimum absolute atomic E-state index is 0.0640. The van der Waals surface area contributed by atoms with Crippen LogP contribution in [-0.4, -0.2) is 112 Å². The van der Waals surface area contributed by atoms with Gasteiger partial charge in [0, 0.05) is 12.7 Å². The first kappa shape index (κ1) is 27.4. The molecule has 2 saturated heterocycles. The van der Waals surface area contributed by atoms with E-state index in [0.29, 0.717) is 5.56 Å². The lowest BCUT2D eigenvalue weighted by molar-refractivity contribution is -0.164. The molecule has 13 nitrogen and oxygen atoms in total. The Bertz CT molecular complexity index is 1050. The Balaban J connectivity index is 1.42. The van der Waals surface area contributed by atoms with Crippen LogP contribution in [0.1, 0.15) is 19.4 Å². The van der Waals surface area contributed by atoms with E-state index in [1.165, 1.54) is 45.2 Å². The van der Waals surface area contributed by atoms with Crippen molar-refractivity contribution in [2.24, 2.45) is 0 Å². The Morgan fingerprint density at radius 3 is 2.35 bits per heavy atom. The van der Waals surface area contributed by atoms with E-state index in [0.717, 1.165) is 0 Å². The van der Waals surface area contributed by atoms with Crippen LogP contribution in [0.2, 0.25) is 0 Å². The van der Waals surface area contributed by atoms with Crippen LogP contribution in [0.3, 0.4) is 0 Å². The Morgan fingerprint density at radius 1 is 1.03 bits per heavy atom. The third-order valence-electron chi connectivity index (χ3n) is 6.74. The molecule has 0 aromatic heterocycles. The molecular formula is C24H31NO12. The van der Waals surface area contributed by atoms with Crippen LogP contribution in [-0.2, 0) is 28.5 Å². The Morgan fingerprint density at radius 2 is 1.73 bits per heavy atom. The number of phenolic OH excluding ortho intramolecular Hbond substituents is 1. The number of methoxy groups -OCH3 is 1. The molecule has 4 rings (SSSR count). The molecule has 1 aliphatic carbocycles. The Labute approximate surface area is 212 Å². The van der Waals surface area contributed by atoms with Crippen LogP contribution in [0.25, 0.3) is 6.08 Å². The number of aromatic hydroxyl groups is 1. The third-order valence-corrected chi connectivity index (χ3v) is 6.74. The van der Waals surface area contributed by atoms with Crippen molar-refractivity contribution in [1.29, 1.82) is 0 Å². The van der Waals surface area contributed by atoms with E-state index in [9.17, 15) is 35.1 Å². The van der Waals surface area contributed by atoms with Gasteiger partial charge in [-0.1, -0.05) is 6.07 Å². The lowest BCUT2D eigenvalue weighted by Gasteiger charge is -2.43. The number of rotatable bonds is 7. The lowest BCUT2D eigenvalue weighted by atomic mass is 9.83. The normalized spacial score (nSPS) is 37.8. The van der Waals surface area contributed by atoms with Crippen molar-refractivity contribution in [2.75, 3.05) is 13.9 Å². The van der Waals surface area contributed by atoms with Gasteiger partial charge in [-0.15, -0.1) is 0 Å². The molecule has 1 saturated carbocycles. The molecule has 1 aromatic carbocycles. The van der Waals surface area contributed by atoms with E-state index in [1.54, 1.807) is 0 Å². The van der Waals surface area contributed by atoms with E-state index >= 15 is 0 Å². The smallest absolute Gasteiger partial charge is 0.247 e. The predicted molar refractivity (Wildman–Crippen MR) is 123 cm³/mol. The highest BCUT2D eigenvalue weighted by atomic mass is 16.7. The van der Waals surface area contributed by atoms with Crippen LogP contribution in [0.5, 0.6) is 11.5 Å². The zero-order chi connectivity index (χ0) is 27.0. The summed E-state index contributed by atoms with van der Waals surface area (Å²) in [5.41, 5.74) is 0.619. The number of ketones is 1. The fourth-order valence-corrected chi connectivity index (χ4v) is 4.72. The Kier molecular flexibility index (Phi) is 8.16. The summed E-state index contributed by atoms with van der Waals surface area (Å²) in [5, 5.41) is 54.3. The molecule has 3 aliphatic rings. The molecule has 1 amide bonds. The Hall–Kier alpha value is -2.62. The maximum Gasteiger partial charge on any atom is 0.247 e. The van der Waals surface area contributed by atoms with E-state index in [2.05, 4.69) is 5.32 Å². The van der Waals surface area contributed by atoms with Crippen LogP contribution in [0.4, 0.5) is 0 Å². The number of hydrogen-bond donors (Lipinski definition) is 6. The van der Waals surface area contributed by atoms with E-state index < -0.39 is 72.9 Å². The first-order valence-electron chi connectivity index (χ1n) is 11.7. The van der Waals surface area contributed by atoms with Gasteiger partial charge in [0.2, 0.25) is 12.2 Å². The number of ether oxygens (including phenoxy) is 5. The molecular weight excluding hydrogens is 494 g/mol. The summed E-state index contributed by atoms with van der Waals surface area (Å²) in [5.74, 6) is -1.48. The van der Waals surface area contributed by atoms with Crippen molar-refractivity contribution in [3.8, 4) is 11.5 Å². The second kappa shape index (κ2) is 11.0. The average molecular weight is 526 g/mol. The number of carbonyl (C=O) groups excluding carboxylic acids is 2. The molecule has 0 bridgehead atoms. The molecule has 13 heteroatoms. The standard InChI is InChI=1S/C24H31NO12/c1-9(23(32)25-14-15(28)20(33-3)22-21(16(14)29)34-8-35-22)6-11-4-5-13(12(27)7-11)36-24-18(31)17(30)19(37-24)10(2)26/h4-7,14-22,24,27-31H,8H2,1-3H3,(H,25,32)/b9-6-/t14-,15+,16-,17+,18+,19-,20-,21+,22-,24-/m1/s1. The van der Waals surface area contributed by atoms with E-state index in [-0.39, 0.29) is 23.9 Å². The molecule has 3 fully saturated rings. The summed E-state index contributed by atoms with van der Waals surface area (Å²) >= 11 is 0. The highest BCUT2D eigenvalue weighted by molar-refractivity contribution is 5.97. The maximum atomic E-state index is 12.8. The van der Waals surface area contributed by atoms with Crippen LogP contribution >= 0.6 is 0 Å². The number of Topliss-reactive ketones (excluding diaryl/α,β-unsaturated/α-hetero) is 1. The second-order valence-electron chi connectivity index (χ2n) is 9.25. The van der Waals surface area contributed by atoms with Crippen molar-refractivity contribution in [3.05, 3.63) is 29.3 Å². The van der Waals surface area contributed by atoms with Crippen molar-refractivity contribution >= 4 is 17.8 Å². The number of nitrogens with one attached hydrogen (secondary N) is 1. The van der Waals surface area contributed by atoms with Gasteiger partial charge in [-0.25, -0.2) is 0 Å². The van der Waals surface area contributed by atoms with Gasteiger partial charge in [0.25, 0.3) is 0 Å². The van der Waals surface area contributed by atoms with Crippen molar-refractivity contribution < 1.29 is 58.8 Å². The van der Waals surface area contributed by atoms with Crippen molar-refractivity contribution in [2.45, 2.75) is 75.0 Å². The predicted octanol–water partition coefficient (Wildman–Crippen LogP) is -1.81. The third kappa shape index (κ3) is 5.35. The van der Waals surface area contributed by atoms with E-state index in [1.807, 2.05) is 0 Å². The zero-order valence-electron chi connectivity index (χ0n) is 20.4. The van der Waals surface area contributed by atoms with Gasteiger partial charge >= 0.3 is 0 Å². The molecule has 0 unspecified atom stereocenters. The first-order valence-corrected chi connectivity index (χ1v) is 11.7. The van der Waals surface area contributed by atoms with Gasteiger partial charge in [0.1, 0.15) is 55.6 Å². The van der Waals surface area contributed by atoms with Crippen LogP contribution < -0.4 is 10.1 Å². The van der Waals surface area contributed by atoms with Crippen LogP contribution in [0, 0.1) is 0 Å². The topological polar surface area (TPSA) is 193 Å². The van der Waals surface area contributed by atoms with Crippen LogP contribution in [0.15, 0.2) is 23.8 Å². The lowest BCUT2D eigenvalue weighted by Crippen LogP contribution is -2.68. The molecule has 1 aromatic rings. The fraction of sp³-hybridized carbons (Fsp3) is 0.583. The highest BCUT2D eigenvalue weighted by Gasteiger charge is 2.54. The quantitative estimate of drug-likeness (QED) is 0.219. The van der Waals surface area contributed by atoms with Gasteiger partial charge in [-0.2, -0.15) is 0 Å². The summed E-state index contributed by atoms with van der Waals surface area (Å²) < 4.78 is 26.8. The van der Waals surface area contributed by atoms with Gasteiger partial charge < -0.3 is 54.5 Å². The highest BCUT2D eigenvalue weighted by Crippen LogP contribution is 2.33. The second-order valence-corrected chi connectivity index (χ2v) is 9.25. The minimum atomic E-state index is -1.50. The minimum Gasteiger partial charge on any atom is -0.504 e. The number of fused-ring (bicyclic) bond motifs is 1. The largest absolute Gasteiger partial charge is 0.504 e. The number of aliphatic hydroxyl groups is 4. The summed E-state index contributed by atoms with van der Waals surface area (Å²) in [6.07, 6.45) is -8.88. The van der Waals surface area contributed by atoms with Gasteiger partial charge in [-0.05, 0) is 37.6 Å². The molecule has 37 heavy (non-hydrogen) atoms. The summed E-state index contributed by atoms with van der Waals surface area (Å²) in [4.78, 5) is 24.4. The van der Waals surface area contributed by atoms with Gasteiger partial charge in [0.15, 0.2) is 17.3 Å². The summed E-state index contributed by atoms with van der Waals surface area (Å²) in [7, 11) is 1.39. The molecule has 204 valence electrons. The molecule has 2 aliphatic heterocycles. The number of aliphatic hydroxyl groups excluding tert-OH is 4. The number of amides is 1. The molecule has 0 spiro atoms. The maximum absolute atomic E-state index is 12.8. The first-order chi connectivity index (χ1) is 17.5. The number of benzene rings is 1. The average Bonchev–Trinajstić information content (AvgIpc) is 3.44. The summed E-state index contributed by atoms with van der Waals surface area (Å²) in [6, 6.07) is 3.10. The monoisotopic (exact) mass is 525 g/mol. The van der Waals surface area contributed by atoms with Crippen molar-refractivity contribution in [1.82, 2.24) is 5.32 Å². The SMILES string of the molecule is CO[C@@H]1[C@@H](O)[C@@H](NC(=O)/C(C)=C\c2ccc(O[C@@H]3O[C@H](C(C)=O)[C@@H](O)[C@@H]3O)c(O)c2)[C@@H](O)[C@@H]2OCO[C@H]12. The molecule has 0 radical (unpaired) electrons. The number of phenols is 1. The number of hydrogen-bond acceptors (Lipinski definition) is 12. The number of carbonyl (C=O) groups is 2. The van der Waals surface area contributed by atoms with Gasteiger partial charge in [0.05, 0.1) is 6.04 Å². The van der Waals surface area contributed by atoms with E-state index in [4.69, 9.17) is 23.7 Å². The summed E-state index contributed by atoms with van der Waals surface area (Å²) in [6.45, 7) is 2.65. The van der Waals surface area contributed by atoms with Gasteiger partial charge in [-0.3, -0.25) is 9.59 Å². The molecule has 10 atom stereocenters. The molecule has 2 heterocycles. The molecule has 6 N–H and O–H groups in total. The van der Waals surface area contributed by atoms with Crippen molar-refractivity contribution in [3.63, 3.8) is 0 Å². The fourth-order valence-electron chi connectivity index (χ4n) is 4.72. The zero-order valence-corrected chi connectivity index (χ0v) is 20.4.